The van der Waals surface area contributed by atoms with Crippen LogP contribution >= 0.6 is 0 Å². The lowest BCUT2D eigenvalue weighted by Gasteiger charge is -2.36. The molecule has 26 heavy (non-hydrogen) atoms. The molecule has 2 aliphatic rings. The molecule has 0 unspecified atom stereocenters. The van der Waals surface area contributed by atoms with Crippen molar-refractivity contribution >= 4 is 5.91 Å². The number of benzene rings is 2. The van der Waals surface area contributed by atoms with Crippen molar-refractivity contribution in [2.24, 2.45) is 0 Å². The molecule has 5 heteroatoms. The van der Waals surface area contributed by atoms with Crippen LogP contribution in [0.3, 0.4) is 0 Å². The van der Waals surface area contributed by atoms with Gasteiger partial charge in [0.25, 0.3) is 5.91 Å². The Kier molecular flexibility index (Phi) is 4.45. The quantitative estimate of drug-likeness (QED) is 0.827. The molecule has 0 saturated heterocycles. The second kappa shape index (κ2) is 6.90. The van der Waals surface area contributed by atoms with E-state index in [-0.39, 0.29) is 11.9 Å². The van der Waals surface area contributed by atoms with E-state index in [0.29, 0.717) is 25.3 Å². The molecule has 0 fully saturated rings. The largest absolute Gasteiger partial charge is 0.497 e. The molecule has 0 aliphatic carbocycles. The van der Waals surface area contributed by atoms with Gasteiger partial charge in [0.05, 0.1) is 26.4 Å². The molecular weight excluding hydrogens is 330 g/mol. The standard InChI is InChI=1S/C21H23NO4/c1-14-18-13-20-19(25-10-3-11-26-20)12-16(18)8-9-22(14)21(23)15-4-6-17(24-2)7-5-15/h4-7,12-14H,3,8-11H2,1-2H3/t14-/m0/s1. The molecule has 0 spiro atoms. The van der Waals surface area contributed by atoms with Crippen LogP contribution in [-0.4, -0.2) is 37.7 Å². The summed E-state index contributed by atoms with van der Waals surface area (Å²) in [7, 11) is 1.62. The second-order valence-corrected chi connectivity index (χ2v) is 6.70. The van der Waals surface area contributed by atoms with Crippen LogP contribution in [0.15, 0.2) is 36.4 Å². The van der Waals surface area contributed by atoms with Crippen molar-refractivity contribution in [3.8, 4) is 17.2 Å². The van der Waals surface area contributed by atoms with Crippen LogP contribution in [0.4, 0.5) is 0 Å². The topological polar surface area (TPSA) is 48.0 Å². The minimum Gasteiger partial charge on any atom is -0.497 e. The lowest BCUT2D eigenvalue weighted by molar-refractivity contribution is 0.0677. The monoisotopic (exact) mass is 353 g/mol. The van der Waals surface area contributed by atoms with Gasteiger partial charge in [0.2, 0.25) is 0 Å². The fourth-order valence-electron chi connectivity index (χ4n) is 3.65. The number of carbonyl (C=O) groups excluding carboxylic acids is 1. The molecule has 0 bridgehead atoms. The first-order valence-electron chi connectivity index (χ1n) is 9.05. The zero-order chi connectivity index (χ0) is 18.1. The van der Waals surface area contributed by atoms with Crippen molar-refractivity contribution in [3.05, 3.63) is 53.1 Å². The summed E-state index contributed by atoms with van der Waals surface area (Å²) >= 11 is 0. The van der Waals surface area contributed by atoms with E-state index in [2.05, 4.69) is 13.0 Å². The zero-order valence-corrected chi connectivity index (χ0v) is 15.2. The Morgan fingerprint density at radius 2 is 1.81 bits per heavy atom. The maximum Gasteiger partial charge on any atom is 0.254 e. The number of fused-ring (bicyclic) bond motifs is 2. The molecule has 0 radical (unpaired) electrons. The minimum atomic E-state index is -0.00879. The van der Waals surface area contributed by atoms with Gasteiger partial charge in [-0.25, -0.2) is 0 Å². The van der Waals surface area contributed by atoms with Crippen molar-refractivity contribution in [3.63, 3.8) is 0 Å². The van der Waals surface area contributed by atoms with Crippen LogP contribution < -0.4 is 14.2 Å². The van der Waals surface area contributed by atoms with Crippen molar-refractivity contribution < 1.29 is 19.0 Å². The van der Waals surface area contributed by atoms with Crippen molar-refractivity contribution in [1.29, 1.82) is 0 Å². The predicted octanol–water partition coefficient (Wildman–Crippen LogP) is 3.62. The summed E-state index contributed by atoms with van der Waals surface area (Å²) in [4.78, 5) is 14.9. The molecule has 2 aromatic carbocycles. The maximum atomic E-state index is 13.0. The lowest BCUT2D eigenvalue weighted by atomic mass is 9.92. The number of hydrogen-bond acceptors (Lipinski definition) is 4. The SMILES string of the molecule is COc1ccc(C(=O)N2CCc3cc4c(cc3[C@@H]2C)OCCCO4)cc1. The molecule has 0 N–H and O–H groups in total. The van der Waals surface area contributed by atoms with Crippen molar-refractivity contribution in [2.75, 3.05) is 26.9 Å². The third-order valence-corrected chi connectivity index (χ3v) is 5.15. The summed E-state index contributed by atoms with van der Waals surface area (Å²) in [5.74, 6) is 2.39. The molecule has 136 valence electrons. The molecule has 2 aromatic rings. The van der Waals surface area contributed by atoms with Gasteiger partial charge in [0, 0.05) is 18.5 Å². The molecule has 2 aliphatic heterocycles. The van der Waals surface area contributed by atoms with Gasteiger partial charge in [-0.15, -0.1) is 0 Å². The number of carbonyl (C=O) groups is 1. The van der Waals surface area contributed by atoms with Gasteiger partial charge in [0.1, 0.15) is 5.75 Å². The van der Waals surface area contributed by atoms with Gasteiger partial charge in [-0.2, -0.15) is 0 Å². The molecule has 5 nitrogen and oxygen atoms in total. The normalized spacial score (nSPS) is 18.7. The number of methoxy groups -OCH3 is 1. The van der Waals surface area contributed by atoms with Crippen molar-refractivity contribution in [2.45, 2.75) is 25.8 Å². The van der Waals surface area contributed by atoms with Gasteiger partial charge >= 0.3 is 0 Å². The van der Waals surface area contributed by atoms with Crippen LogP contribution in [0.1, 0.15) is 40.9 Å². The average Bonchev–Trinajstić information content (AvgIpc) is 2.91. The summed E-state index contributed by atoms with van der Waals surface area (Å²) in [6, 6.07) is 11.4. The van der Waals surface area contributed by atoms with Crippen LogP contribution in [0.25, 0.3) is 0 Å². The molecule has 1 atom stereocenters. The van der Waals surface area contributed by atoms with E-state index >= 15 is 0 Å². The van der Waals surface area contributed by atoms with Gasteiger partial charge in [-0.05, 0) is 60.9 Å². The smallest absolute Gasteiger partial charge is 0.254 e. The Balaban J connectivity index is 1.61. The summed E-state index contributed by atoms with van der Waals surface area (Å²) in [5, 5.41) is 0. The minimum absolute atomic E-state index is 0.00879. The number of amides is 1. The number of nitrogens with zero attached hydrogens (tertiary/aromatic N) is 1. The van der Waals surface area contributed by atoms with Crippen LogP contribution in [0, 0.1) is 0 Å². The first-order chi connectivity index (χ1) is 12.7. The third kappa shape index (κ3) is 2.98. The number of hydrogen-bond donors (Lipinski definition) is 0. The first kappa shape index (κ1) is 16.8. The number of ether oxygens (including phenoxy) is 3. The summed E-state index contributed by atoms with van der Waals surface area (Å²) < 4.78 is 16.8. The molecule has 2 heterocycles. The molecular formula is C21H23NO4. The molecule has 4 rings (SSSR count). The van der Waals surface area contributed by atoms with Crippen LogP contribution in [0.2, 0.25) is 0 Å². The van der Waals surface area contributed by atoms with Crippen molar-refractivity contribution in [1.82, 2.24) is 4.90 Å². The van der Waals surface area contributed by atoms with Gasteiger partial charge in [0.15, 0.2) is 11.5 Å². The van der Waals surface area contributed by atoms with Gasteiger partial charge < -0.3 is 19.1 Å². The number of rotatable bonds is 2. The fraction of sp³-hybridized carbons (Fsp3) is 0.381. The fourth-order valence-corrected chi connectivity index (χ4v) is 3.65. The highest BCUT2D eigenvalue weighted by Crippen LogP contribution is 2.39. The van der Waals surface area contributed by atoms with Gasteiger partial charge in [-0.3, -0.25) is 4.79 Å². The Bertz CT molecular complexity index is 816. The van der Waals surface area contributed by atoms with E-state index in [4.69, 9.17) is 14.2 Å². The first-order valence-corrected chi connectivity index (χ1v) is 9.05. The highest BCUT2D eigenvalue weighted by atomic mass is 16.5. The van der Waals surface area contributed by atoms with E-state index in [1.807, 2.05) is 35.2 Å². The van der Waals surface area contributed by atoms with E-state index in [1.165, 1.54) is 5.56 Å². The van der Waals surface area contributed by atoms with E-state index in [0.717, 1.165) is 35.7 Å². The summed E-state index contributed by atoms with van der Waals surface area (Å²) in [5.41, 5.74) is 3.05. The van der Waals surface area contributed by atoms with Crippen LogP contribution in [-0.2, 0) is 6.42 Å². The van der Waals surface area contributed by atoms with E-state index in [1.54, 1.807) is 7.11 Å². The van der Waals surface area contributed by atoms with E-state index in [9.17, 15) is 4.79 Å². The Morgan fingerprint density at radius 1 is 1.12 bits per heavy atom. The lowest BCUT2D eigenvalue weighted by Crippen LogP contribution is -2.38. The second-order valence-electron chi connectivity index (χ2n) is 6.70. The highest BCUT2D eigenvalue weighted by molar-refractivity contribution is 5.94. The highest BCUT2D eigenvalue weighted by Gasteiger charge is 2.30. The maximum absolute atomic E-state index is 13.0. The predicted molar refractivity (Wildman–Crippen MR) is 98.2 cm³/mol. The Hall–Kier alpha value is -2.69. The Morgan fingerprint density at radius 3 is 2.50 bits per heavy atom. The third-order valence-electron chi connectivity index (χ3n) is 5.15. The zero-order valence-electron chi connectivity index (χ0n) is 15.2. The molecule has 1 amide bonds. The summed E-state index contributed by atoms with van der Waals surface area (Å²) in [6.45, 7) is 4.11. The Labute approximate surface area is 153 Å². The van der Waals surface area contributed by atoms with Crippen LogP contribution in [0.5, 0.6) is 17.2 Å². The van der Waals surface area contributed by atoms with Gasteiger partial charge in [-0.1, -0.05) is 0 Å². The molecule has 0 saturated carbocycles. The summed E-state index contributed by atoms with van der Waals surface area (Å²) in [6.07, 6.45) is 1.70. The van der Waals surface area contributed by atoms with E-state index < -0.39 is 0 Å². The molecule has 0 aromatic heterocycles. The average molecular weight is 353 g/mol.